The summed E-state index contributed by atoms with van der Waals surface area (Å²) in [5, 5.41) is 8.61. The summed E-state index contributed by atoms with van der Waals surface area (Å²) in [6, 6.07) is 6.96. The lowest BCUT2D eigenvalue weighted by Gasteiger charge is -2.13. The normalized spacial score (nSPS) is 16.7. The number of rotatable bonds is 5. The van der Waals surface area contributed by atoms with E-state index in [2.05, 4.69) is 16.0 Å². The Balaban J connectivity index is 1.89. The molecule has 0 bridgehead atoms. The molecule has 1 aromatic rings. The lowest BCUT2D eigenvalue weighted by molar-refractivity contribution is -0.122. The van der Waals surface area contributed by atoms with Crippen LogP contribution in [0.15, 0.2) is 24.3 Å². The number of hydrogen-bond donors (Lipinski definition) is 3. The molecule has 1 aliphatic rings. The van der Waals surface area contributed by atoms with Crippen molar-refractivity contribution in [1.29, 1.82) is 0 Å². The second kappa shape index (κ2) is 8.75. The number of anilines is 1. The zero-order chi connectivity index (χ0) is 17.5. The Morgan fingerprint density at radius 1 is 1.38 bits per heavy atom. The van der Waals surface area contributed by atoms with Crippen molar-refractivity contribution in [3.63, 3.8) is 0 Å². The van der Waals surface area contributed by atoms with Gasteiger partial charge in [0.05, 0.1) is 6.10 Å². The molecule has 1 fully saturated rings. The standard InChI is InChI=1S/C17H23N3O3S/c1-11(2)15(21)20-17(24)19-13-6-3-5-12(9-13)16(22)18-10-14-7-4-8-23-14/h3,5-6,9,11,14H,4,7-8,10H2,1-2H3,(H,18,22)(H2,19,20,21,24)/t14-/m1/s1. The summed E-state index contributed by atoms with van der Waals surface area (Å²) in [6.07, 6.45) is 2.12. The van der Waals surface area contributed by atoms with E-state index in [9.17, 15) is 9.59 Å². The molecule has 1 heterocycles. The highest BCUT2D eigenvalue weighted by Gasteiger charge is 2.17. The number of carbonyl (C=O) groups is 2. The molecule has 0 saturated carbocycles. The fraction of sp³-hybridized carbons (Fsp3) is 0.471. The minimum atomic E-state index is -0.161. The fourth-order valence-corrected chi connectivity index (χ4v) is 2.49. The highest BCUT2D eigenvalue weighted by Crippen LogP contribution is 2.13. The molecule has 24 heavy (non-hydrogen) atoms. The number of thiocarbonyl (C=S) groups is 1. The lowest BCUT2D eigenvalue weighted by atomic mass is 10.1. The molecule has 0 spiro atoms. The molecule has 1 saturated heterocycles. The van der Waals surface area contributed by atoms with Gasteiger partial charge in [-0.1, -0.05) is 19.9 Å². The summed E-state index contributed by atoms with van der Waals surface area (Å²) in [5.74, 6) is -0.469. The molecule has 0 aromatic heterocycles. The average Bonchev–Trinajstić information content (AvgIpc) is 3.06. The lowest BCUT2D eigenvalue weighted by Crippen LogP contribution is -2.36. The van der Waals surface area contributed by atoms with Crippen molar-refractivity contribution in [1.82, 2.24) is 10.6 Å². The van der Waals surface area contributed by atoms with Crippen LogP contribution < -0.4 is 16.0 Å². The van der Waals surface area contributed by atoms with Gasteiger partial charge >= 0.3 is 0 Å². The summed E-state index contributed by atoms with van der Waals surface area (Å²) in [4.78, 5) is 23.8. The number of hydrogen-bond acceptors (Lipinski definition) is 4. The highest BCUT2D eigenvalue weighted by atomic mass is 32.1. The summed E-state index contributed by atoms with van der Waals surface area (Å²) < 4.78 is 5.49. The van der Waals surface area contributed by atoms with Crippen LogP contribution >= 0.6 is 12.2 Å². The first-order valence-electron chi connectivity index (χ1n) is 8.07. The first kappa shape index (κ1) is 18.4. The number of nitrogens with one attached hydrogen (secondary N) is 3. The van der Waals surface area contributed by atoms with Gasteiger partial charge in [-0.05, 0) is 43.3 Å². The van der Waals surface area contributed by atoms with Crippen molar-refractivity contribution in [2.75, 3.05) is 18.5 Å². The second-order valence-corrected chi connectivity index (χ2v) is 6.43. The molecule has 130 valence electrons. The van der Waals surface area contributed by atoms with Crippen molar-refractivity contribution >= 4 is 34.8 Å². The first-order chi connectivity index (χ1) is 11.5. The predicted molar refractivity (Wildman–Crippen MR) is 97.0 cm³/mol. The number of carbonyl (C=O) groups excluding carboxylic acids is 2. The number of ether oxygens (including phenoxy) is 1. The average molecular weight is 349 g/mol. The summed E-state index contributed by atoms with van der Waals surface area (Å²) in [7, 11) is 0. The molecule has 6 nitrogen and oxygen atoms in total. The Bertz CT molecular complexity index is 613. The Morgan fingerprint density at radius 3 is 2.83 bits per heavy atom. The van der Waals surface area contributed by atoms with Crippen molar-refractivity contribution < 1.29 is 14.3 Å². The van der Waals surface area contributed by atoms with Gasteiger partial charge in [0.15, 0.2) is 5.11 Å². The molecule has 7 heteroatoms. The van der Waals surface area contributed by atoms with E-state index in [4.69, 9.17) is 17.0 Å². The zero-order valence-corrected chi connectivity index (χ0v) is 14.7. The fourth-order valence-electron chi connectivity index (χ4n) is 2.27. The number of amides is 2. The molecule has 1 aliphatic heterocycles. The van der Waals surface area contributed by atoms with Gasteiger partial charge in [0.2, 0.25) is 5.91 Å². The minimum absolute atomic E-state index is 0.106. The molecule has 3 N–H and O–H groups in total. The second-order valence-electron chi connectivity index (χ2n) is 6.02. The van der Waals surface area contributed by atoms with Gasteiger partial charge < -0.3 is 20.7 Å². The third-order valence-electron chi connectivity index (χ3n) is 3.66. The molecule has 1 atom stereocenters. The maximum Gasteiger partial charge on any atom is 0.251 e. The van der Waals surface area contributed by atoms with Crippen LogP contribution in [0.3, 0.4) is 0 Å². The third kappa shape index (κ3) is 5.58. The topological polar surface area (TPSA) is 79.5 Å². The third-order valence-corrected chi connectivity index (χ3v) is 3.86. The SMILES string of the molecule is CC(C)C(=O)NC(=S)Nc1cccc(C(=O)NC[C@H]2CCCO2)c1. The Labute approximate surface area is 147 Å². The van der Waals surface area contributed by atoms with Gasteiger partial charge in [0, 0.05) is 30.3 Å². The number of benzene rings is 1. The smallest absolute Gasteiger partial charge is 0.251 e. The first-order valence-corrected chi connectivity index (χ1v) is 8.48. The van der Waals surface area contributed by atoms with E-state index >= 15 is 0 Å². The monoisotopic (exact) mass is 349 g/mol. The summed E-state index contributed by atoms with van der Waals surface area (Å²) >= 11 is 5.10. The molecule has 2 amide bonds. The quantitative estimate of drug-likeness (QED) is 0.709. The van der Waals surface area contributed by atoms with Crippen LogP contribution in [-0.2, 0) is 9.53 Å². The molecular weight excluding hydrogens is 326 g/mol. The van der Waals surface area contributed by atoms with Gasteiger partial charge in [0.25, 0.3) is 5.91 Å². The Hall–Kier alpha value is -1.99. The molecule has 0 radical (unpaired) electrons. The van der Waals surface area contributed by atoms with Crippen LogP contribution in [-0.4, -0.2) is 36.2 Å². The molecule has 0 aliphatic carbocycles. The summed E-state index contributed by atoms with van der Waals surface area (Å²) in [6.45, 7) is 4.85. The minimum Gasteiger partial charge on any atom is -0.376 e. The van der Waals surface area contributed by atoms with Gasteiger partial charge in [0.1, 0.15) is 0 Å². The molecule has 1 aromatic carbocycles. The molecular formula is C17H23N3O3S. The van der Waals surface area contributed by atoms with E-state index < -0.39 is 0 Å². The molecule has 2 rings (SSSR count). The van der Waals surface area contributed by atoms with E-state index in [0.29, 0.717) is 17.8 Å². The van der Waals surface area contributed by atoms with Crippen molar-refractivity contribution in [2.24, 2.45) is 5.92 Å². The van der Waals surface area contributed by atoms with E-state index in [0.717, 1.165) is 19.4 Å². The Kier molecular flexibility index (Phi) is 6.69. The van der Waals surface area contributed by atoms with Crippen molar-refractivity contribution in [2.45, 2.75) is 32.8 Å². The van der Waals surface area contributed by atoms with Crippen molar-refractivity contribution in [3.05, 3.63) is 29.8 Å². The van der Waals surface area contributed by atoms with Gasteiger partial charge in [-0.15, -0.1) is 0 Å². The van der Waals surface area contributed by atoms with Crippen molar-refractivity contribution in [3.8, 4) is 0 Å². The van der Waals surface area contributed by atoms with E-state index in [-0.39, 0.29) is 28.9 Å². The van der Waals surface area contributed by atoms with Crippen LogP contribution in [0.2, 0.25) is 0 Å². The predicted octanol–water partition coefficient (Wildman–Crippen LogP) is 2.06. The molecule has 0 unspecified atom stereocenters. The maximum atomic E-state index is 12.2. The van der Waals surface area contributed by atoms with Crippen LogP contribution in [0.1, 0.15) is 37.0 Å². The van der Waals surface area contributed by atoms with Crippen LogP contribution in [0.4, 0.5) is 5.69 Å². The zero-order valence-electron chi connectivity index (χ0n) is 13.9. The van der Waals surface area contributed by atoms with E-state index in [1.807, 2.05) is 0 Å². The highest BCUT2D eigenvalue weighted by molar-refractivity contribution is 7.80. The Morgan fingerprint density at radius 2 is 2.17 bits per heavy atom. The van der Waals surface area contributed by atoms with Gasteiger partial charge in [-0.2, -0.15) is 0 Å². The van der Waals surface area contributed by atoms with Gasteiger partial charge in [-0.25, -0.2) is 0 Å². The largest absolute Gasteiger partial charge is 0.376 e. The maximum absolute atomic E-state index is 12.2. The van der Waals surface area contributed by atoms with Crippen LogP contribution in [0.25, 0.3) is 0 Å². The summed E-state index contributed by atoms with van der Waals surface area (Å²) in [5.41, 5.74) is 1.17. The van der Waals surface area contributed by atoms with E-state index in [1.54, 1.807) is 38.1 Å². The van der Waals surface area contributed by atoms with Crippen LogP contribution in [0.5, 0.6) is 0 Å². The van der Waals surface area contributed by atoms with E-state index in [1.165, 1.54) is 0 Å². The van der Waals surface area contributed by atoms with Gasteiger partial charge in [-0.3, -0.25) is 9.59 Å². The van der Waals surface area contributed by atoms with Crippen LogP contribution in [0, 0.1) is 5.92 Å².